The van der Waals surface area contributed by atoms with E-state index in [0.717, 1.165) is 18.6 Å². The lowest BCUT2D eigenvalue weighted by Gasteiger charge is -2.40. The molecule has 2 N–H and O–H groups in total. The Kier molecular flexibility index (Phi) is 3.30. The monoisotopic (exact) mass is 258 g/mol. The number of nitrogens with two attached hydrogens (primary N) is 1. The zero-order valence-corrected chi connectivity index (χ0v) is 9.57. The number of rotatable bonds is 2. The van der Waals surface area contributed by atoms with Gasteiger partial charge in [0, 0.05) is 24.7 Å². The van der Waals surface area contributed by atoms with Crippen LogP contribution in [0.25, 0.3) is 0 Å². The Morgan fingerprint density at radius 2 is 2.17 bits per heavy atom. The van der Waals surface area contributed by atoms with E-state index in [-0.39, 0.29) is 17.5 Å². The molecule has 0 aromatic heterocycles. The number of benzene rings is 1. The first-order valence-electron chi connectivity index (χ1n) is 5.62. The molecule has 1 heterocycles. The minimum Gasteiger partial charge on any atom is -0.334 e. The summed E-state index contributed by atoms with van der Waals surface area (Å²) in [6.07, 6.45) is -3.63. The van der Waals surface area contributed by atoms with E-state index in [9.17, 15) is 18.0 Å². The van der Waals surface area contributed by atoms with Gasteiger partial charge in [0.05, 0.1) is 5.56 Å². The van der Waals surface area contributed by atoms with E-state index in [4.69, 9.17) is 5.73 Å². The number of nitrogens with zero attached hydrogens (tertiary/aromatic N) is 1. The largest absolute Gasteiger partial charge is 0.416 e. The van der Waals surface area contributed by atoms with Gasteiger partial charge in [0.2, 0.25) is 0 Å². The van der Waals surface area contributed by atoms with Crippen molar-refractivity contribution >= 4 is 5.91 Å². The standard InChI is InChI=1S/C12H13F3N2O/c13-12(14,15)9-3-1-2-8(6-9)11(18)17-5-4-10(17)7-16/h1-3,6,10H,4-5,7,16H2. The molecule has 2 rings (SSSR count). The summed E-state index contributed by atoms with van der Waals surface area (Å²) in [6.45, 7) is 0.891. The molecule has 0 radical (unpaired) electrons. The first-order chi connectivity index (χ1) is 8.43. The Hall–Kier alpha value is -1.56. The molecule has 0 spiro atoms. The summed E-state index contributed by atoms with van der Waals surface area (Å²) < 4.78 is 37.6. The third-order valence-electron chi connectivity index (χ3n) is 3.11. The van der Waals surface area contributed by atoms with Gasteiger partial charge < -0.3 is 10.6 Å². The molecule has 98 valence electrons. The van der Waals surface area contributed by atoms with Crippen molar-refractivity contribution in [3.05, 3.63) is 35.4 Å². The lowest BCUT2D eigenvalue weighted by atomic mass is 10.0. The van der Waals surface area contributed by atoms with Gasteiger partial charge in [0.15, 0.2) is 0 Å². The average Bonchev–Trinajstić information content (AvgIpc) is 2.27. The predicted octanol–water partition coefficient (Wildman–Crippen LogP) is 1.88. The van der Waals surface area contributed by atoms with E-state index < -0.39 is 11.7 Å². The van der Waals surface area contributed by atoms with Gasteiger partial charge in [0.25, 0.3) is 5.91 Å². The Balaban J connectivity index is 2.21. The number of amides is 1. The smallest absolute Gasteiger partial charge is 0.334 e. The van der Waals surface area contributed by atoms with E-state index in [1.54, 1.807) is 0 Å². The van der Waals surface area contributed by atoms with Gasteiger partial charge in [-0.2, -0.15) is 13.2 Å². The van der Waals surface area contributed by atoms with Crippen LogP contribution in [-0.4, -0.2) is 29.9 Å². The highest BCUT2D eigenvalue weighted by Gasteiger charge is 2.34. The zero-order chi connectivity index (χ0) is 13.3. The van der Waals surface area contributed by atoms with Gasteiger partial charge >= 0.3 is 6.18 Å². The first-order valence-corrected chi connectivity index (χ1v) is 5.62. The molecule has 0 aliphatic carbocycles. The van der Waals surface area contributed by atoms with E-state index in [2.05, 4.69) is 0 Å². The number of alkyl halides is 3. The topological polar surface area (TPSA) is 46.3 Å². The Morgan fingerprint density at radius 3 is 2.67 bits per heavy atom. The van der Waals surface area contributed by atoms with Gasteiger partial charge in [0.1, 0.15) is 0 Å². The highest BCUT2D eigenvalue weighted by Crippen LogP contribution is 2.30. The molecule has 1 aromatic carbocycles. The molecule has 18 heavy (non-hydrogen) atoms. The summed E-state index contributed by atoms with van der Waals surface area (Å²) in [5.41, 5.74) is 4.72. The Morgan fingerprint density at radius 1 is 1.44 bits per heavy atom. The summed E-state index contributed by atoms with van der Waals surface area (Å²) in [4.78, 5) is 13.5. The van der Waals surface area contributed by atoms with Crippen molar-refractivity contribution < 1.29 is 18.0 Å². The molecule has 0 bridgehead atoms. The summed E-state index contributed by atoms with van der Waals surface area (Å²) in [5.74, 6) is -0.386. The summed E-state index contributed by atoms with van der Waals surface area (Å²) >= 11 is 0. The Labute approximate surface area is 102 Å². The summed E-state index contributed by atoms with van der Waals surface area (Å²) in [7, 11) is 0. The molecule has 1 aliphatic heterocycles. The third kappa shape index (κ3) is 2.33. The maximum atomic E-state index is 12.5. The van der Waals surface area contributed by atoms with E-state index in [1.165, 1.54) is 17.0 Å². The van der Waals surface area contributed by atoms with Crippen molar-refractivity contribution in [2.24, 2.45) is 5.73 Å². The van der Waals surface area contributed by atoms with Gasteiger partial charge in [-0.25, -0.2) is 0 Å². The molecule has 1 aliphatic rings. The fraction of sp³-hybridized carbons (Fsp3) is 0.417. The molecule has 1 fully saturated rings. The lowest BCUT2D eigenvalue weighted by Crippen LogP contribution is -2.54. The molecule has 3 nitrogen and oxygen atoms in total. The number of hydrogen-bond acceptors (Lipinski definition) is 2. The first kappa shape index (κ1) is 12.9. The second kappa shape index (κ2) is 4.61. The summed E-state index contributed by atoms with van der Waals surface area (Å²) in [5, 5.41) is 0. The average molecular weight is 258 g/mol. The van der Waals surface area contributed by atoms with E-state index in [1.807, 2.05) is 0 Å². The normalized spacial score (nSPS) is 19.6. The SMILES string of the molecule is NCC1CCN1C(=O)c1cccc(C(F)(F)F)c1. The summed E-state index contributed by atoms with van der Waals surface area (Å²) in [6, 6.07) is 4.42. The second-order valence-corrected chi connectivity index (χ2v) is 4.26. The van der Waals surface area contributed by atoms with Crippen LogP contribution in [-0.2, 0) is 6.18 Å². The van der Waals surface area contributed by atoms with Crippen molar-refractivity contribution in [1.82, 2.24) is 4.90 Å². The molecule has 1 atom stereocenters. The minimum absolute atomic E-state index is 0.0490. The van der Waals surface area contributed by atoms with Crippen molar-refractivity contribution in [3.8, 4) is 0 Å². The van der Waals surface area contributed by atoms with Crippen LogP contribution in [0.5, 0.6) is 0 Å². The van der Waals surface area contributed by atoms with Gasteiger partial charge in [-0.1, -0.05) is 6.07 Å². The number of halogens is 3. The van der Waals surface area contributed by atoms with Crippen molar-refractivity contribution in [2.75, 3.05) is 13.1 Å². The third-order valence-corrected chi connectivity index (χ3v) is 3.11. The van der Waals surface area contributed by atoms with Crippen LogP contribution in [0.4, 0.5) is 13.2 Å². The van der Waals surface area contributed by atoms with Crippen LogP contribution in [0.2, 0.25) is 0 Å². The lowest BCUT2D eigenvalue weighted by molar-refractivity contribution is -0.137. The molecule has 1 unspecified atom stereocenters. The highest BCUT2D eigenvalue weighted by molar-refractivity contribution is 5.95. The molecule has 0 saturated carbocycles. The van der Waals surface area contributed by atoms with Gasteiger partial charge in [-0.05, 0) is 24.6 Å². The van der Waals surface area contributed by atoms with Crippen LogP contribution in [0, 0.1) is 0 Å². The maximum absolute atomic E-state index is 12.5. The second-order valence-electron chi connectivity index (χ2n) is 4.26. The molecule has 6 heteroatoms. The number of likely N-dealkylation sites (tertiary alicyclic amines) is 1. The quantitative estimate of drug-likeness (QED) is 0.880. The number of carbonyl (C=O) groups is 1. The highest BCUT2D eigenvalue weighted by atomic mass is 19.4. The van der Waals surface area contributed by atoms with Crippen LogP contribution in [0.15, 0.2) is 24.3 Å². The molecule has 1 aromatic rings. The molecule has 1 amide bonds. The van der Waals surface area contributed by atoms with Crippen molar-refractivity contribution in [1.29, 1.82) is 0 Å². The number of carbonyl (C=O) groups excluding carboxylic acids is 1. The molecular weight excluding hydrogens is 245 g/mol. The maximum Gasteiger partial charge on any atom is 0.416 e. The fourth-order valence-corrected chi connectivity index (χ4v) is 1.95. The van der Waals surface area contributed by atoms with Crippen LogP contribution < -0.4 is 5.73 Å². The Bertz CT molecular complexity index is 457. The fourth-order valence-electron chi connectivity index (χ4n) is 1.95. The van der Waals surface area contributed by atoms with Gasteiger partial charge in [-0.15, -0.1) is 0 Å². The van der Waals surface area contributed by atoms with Crippen LogP contribution in [0.1, 0.15) is 22.3 Å². The minimum atomic E-state index is -4.43. The van der Waals surface area contributed by atoms with Gasteiger partial charge in [-0.3, -0.25) is 4.79 Å². The van der Waals surface area contributed by atoms with E-state index in [0.29, 0.717) is 13.1 Å². The van der Waals surface area contributed by atoms with Crippen LogP contribution in [0.3, 0.4) is 0 Å². The van der Waals surface area contributed by atoms with Crippen molar-refractivity contribution in [2.45, 2.75) is 18.6 Å². The zero-order valence-electron chi connectivity index (χ0n) is 9.57. The molecule has 1 saturated heterocycles. The van der Waals surface area contributed by atoms with Crippen molar-refractivity contribution in [3.63, 3.8) is 0 Å². The van der Waals surface area contributed by atoms with E-state index >= 15 is 0 Å². The predicted molar refractivity (Wildman–Crippen MR) is 59.9 cm³/mol. The number of hydrogen-bond donors (Lipinski definition) is 1. The van der Waals surface area contributed by atoms with Crippen LogP contribution >= 0.6 is 0 Å². The molecular formula is C12H13F3N2O.